The molecule has 0 saturated carbocycles. The maximum atomic E-state index is 12.9. The number of amides is 1. The van der Waals surface area contributed by atoms with Crippen LogP contribution in [-0.2, 0) is 0 Å². The van der Waals surface area contributed by atoms with Crippen molar-refractivity contribution in [1.29, 1.82) is 0 Å². The van der Waals surface area contributed by atoms with Gasteiger partial charge in [0.05, 0.1) is 11.6 Å². The number of thioether (sulfide) groups is 1. The number of hydrogen-bond acceptors (Lipinski definition) is 4. The molecule has 4 nitrogen and oxygen atoms in total. The largest absolute Gasteiger partial charge is 0.573 e. The van der Waals surface area contributed by atoms with Gasteiger partial charge in [0.15, 0.2) is 0 Å². The van der Waals surface area contributed by atoms with E-state index in [0.29, 0.717) is 12.3 Å². The van der Waals surface area contributed by atoms with Crippen molar-refractivity contribution in [3.63, 3.8) is 0 Å². The summed E-state index contributed by atoms with van der Waals surface area (Å²) in [5, 5.41) is -0.230. The highest BCUT2D eigenvalue weighted by molar-refractivity contribution is 9.10. The predicted molar refractivity (Wildman–Crippen MR) is 100 cm³/mol. The first kappa shape index (κ1) is 19.9. The fourth-order valence-electron chi connectivity index (χ4n) is 2.78. The zero-order valence-electron chi connectivity index (χ0n) is 14.1. The van der Waals surface area contributed by atoms with Crippen molar-refractivity contribution in [1.82, 2.24) is 4.90 Å². The number of carbonyl (C=O) groups excluding carboxylic acids is 1. The molecule has 1 atom stereocenters. The van der Waals surface area contributed by atoms with Crippen LogP contribution in [0.15, 0.2) is 46.9 Å². The molecule has 1 fully saturated rings. The molecule has 1 unspecified atom stereocenters. The number of halogens is 4. The van der Waals surface area contributed by atoms with E-state index in [-0.39, 0.29) is 16.8 Å². The van der Waals surface area contributed by atoms with Gasteiger partial charge in [-0.25, -0.2) is 0 Å². The molecule has 9 heteroatoms. The highest BCUT2D eigenvalue weighted by atomic mass is 79.9. The van der Waals surface area contributed by atoms with Gasteiger partial charge in [0, 0.05) is 17.9 Å². The number of alkyl halides is 3. The Labute approximate surface area is 166 Å². The maximum absolute atomic E-state index is 12.9. The molecule has 0 aromatic heterocycles. The first-order valence-electron chi connectivity index (χ1n) is 7.90. The van der Waals surface area contributed by atoms with Crippen molar-refractivity contribution in [3.8, 4) is 11.5 Å². The molecular weight excluding hydrogens is 447 g/mol. The Bertz CT molecular complexity index is 847. The molecule has 1 saturated heterocycles. The number of ether oxygens (including phenoxy) is 2. The van der Waals surface area contributed by atoms with E-state index >= 15 is 0 Å². The van der Waals surface area contributed by atoms with Crippen LogP contribution in [0.3, 0.4) is 0 Å². The van der Waals surface area contributed by atoms with Gasteiger partial charge in [-0.05, 0) is 51.8 Å². The summed E-state index contributed by atoms with van der Waals surface area (Å²) >= 11 is 5.03. The van der Waals surface area contributed by atoms with Gasteiger partial charge < -0.3 is 14.4 Å². The molecule has 0 bridgehead atoms. The van der Waals surface area contributed by atoms with Gasteiger partial charge in [-0.1, -0.05) is 12.1 Å². The normalized spacial score (nSPS) is 17.1. The van der Waals surface area contributed by atoms with Crippen LogP contribution in [0, 0.1) is 0 Å². The van der Waals surface area contributed by atoms with Crippen LogP contribution in [0.5, 0.6) is 11.5 Å². The van der Waals surface area contributed by atoms with Gasteiger partial charge in [-0.3, -0.25) is 4.79 Å². The van der Waals surface area contributed by atoms with Crippen LogP contribution in [-0.4, -0.2) is 36.6 Å². The quantitative estimate of drug-likeness (QED) is 0.623. The molecule has 1 heterocycles. The number of nitrogens with zero attached hydrogens (tertiary/aromatic N) is 1. The topological polar surface area (TPSA) is 38.8 Å². The zero-order chi connectivity index (χ0) is 19.6. The molecular formula is C18H15BrF3NO3S. The average molecular weight is 462 g/mol. The molecule has 27 heavy (non-hydrogen) atoms. The number of methoxy groups -OCH3 is 1. The molecule has 0 radical (unpaired) electrons. The summed E-state index contributed by atoms with van der Waals surface area (Å²) in [6, 6.07) is 10.7. The molecule has 1 amide bonds. The molecule has 0 spiro atoms. The van der Waals surface area contributed by atoms with E-state index in [1.807, 2.05) is 12.1 Å². The van der Waals surface area contributed by atoms with E-state index in [4.69, 9.17) is 4.74 Å². The molecule has 3 rings (SSSR count). The summed E-state index contributed by atoms with van der Waals surface area (Å²) in [4.78, 5) is 14.5. The Kier molecular flexibility index (Phi) is 5.90. The number of rotatable bonds is 4. The van der Waals surface area contributed by atoms with Crippen molar-refractivity contribution in [2.45, 2.75) is 11.7 Å². The Balaban J connectivity index is 1.84. The van der Waals surface area contributed by atoms with Crippen LogP contribution < -0.4 is 9.47 Å². The smallest absolute Gasteiger partial charge is 0.496 e. The van der Waals surface area contributed by atoms with Crippen molar-refractivity contribution < 1.29 is 27.4 Å². The fraction of sp³-hybridized carbons (Fsp3) is 0.278. The van der Waals surface area contributed by atoms with Crippen molar-refractivity contribution in [2.75, 3.05) is 19.4 Å². The second-order valence-corrected chi connectivity index (χ2v) is 7.73. The lowest BCUT2D eigenvalue weighted by Gasteiger charge is -2.25. The van der Waals surface area contributed by atoms with E-state index in [1.54, 1.807) is 29.8 Å². The molecule has 144 valence electrons. The summed E-state index contributed by atoms with van der Waals surface area (Å²) in [7, 11) is 1.57. The highest BCUT2D eigenvalue weighted by Crippen LogP contribution is 2.41. The third-order valence-corrected chi connectivity index (χ3v) is 5.81. The highest BCUT2D eigenvalue weighted by Gasteiger charge is 2.33. The summed E-state index contributed by atoms with van der Waals surface area (Å²) in [6.07, 6.45) is -4.80. The Morgan fingerprint density at radius 3 is 2.70 bits per heavy atom. The minimum atomic E-state index is -4.80. The van der Waals surface area contributed by atoms with Crippen molar-refractivity contribution in [3.05, 3.63) is 58.1 Å². The third-order valence-electron chi connectivity index (χ3n) is 3.93. The average Bonchev–Trinajstić information content (AvgIpc) is 3.09. The molecule has 2 aromatic rings. The van der Waals surface area contributed by atoms with Crippen LogP contribution in [0.2, 0.25) is 0 Å². The molecule has 0 aliphatic carbocycles. The summed E-state index contributed by atoms with van der Waals surface area (Å²) in [5.41, 5.74) is 1.05. The lowest BCUT2D eigenvalue weighted by molar-refractivity contribution is -0.274. The first-order chi connectivity index (χ1) is 12.8. The molecule has 2 aromatic carbocycles. The van der Waals surface area contributed by atoms with Crippen molar-refractivity contribution in [2.24, 2.45) is 0 Å². The van der Waals surface area contributed by atoms with E-state index < -0.39 is 12.1 Å². The Hall–Kier alpha value is -1.87. The Morgan fingerprint density at radius 1 is 1.26 bits per heavy atom. The predicted octanol–water partition coefficient (Wildman–Crippen LogP) is 5.24. The molecule has 0 N–H and O–H groups in total. The third kappa shape index (κ3) is 4.70. The lowest BCUT2D eigenvalue weighted by Crippen LogP contribution is -2.30. The number of hydrogen-bond donors (Lipinski definition) is 0. The minimum Gasteiger partial charge on any atom is -0.496 e. The minimum absolute atomic E-state index is 0.150. The SMILES string of the molecule is COc1ccc(C2SCCN2C(=O)c2cccc(OC(F)(F)F)c2)cc1Br. The van der Waals surface area contributed by atoms with Crippen LogP contribution in [0.25, 0.3) is 0 Å². The summed E-state index contributed by atoms with van der Waals surface area (Å²) in [6.45, 7) is 0.502. The van der Waals surface area contributed by atoms with Gasteiger partial charge >= 0.3 is 6.36 Å². The fourth-order valence-corrected chi connectivity index (χ4v) is 4.59. The monoisotopic (exact) mass is 461 g/mol. The van der Waals surface area contributed by atoms with Gasteiger partial charge in [-0.15, -0.1) is 24.9 Å². The van der Waals surface area contributed by atoms with Crippen LogP contribution in [0.4, 0.5) is 13.2 Å². The summed E-state index contributed by atoms with van der Waals surface area (Å²) in [5.74, 6) is 0.656. The first-order valence-corrected chi connectivity index (χ1v) is 9.74. The van der Waals surface area contributed by atoms with Crippen molar-refractivity contribution >= 4 is 33.6 Å². The van der Waals surface area contributed by atoms with E-state index in [9.17, 15) is 18.0 Å². The molecule has 1 aliphatic rings. The van der Waals surface area contributed by atoms with Crippen LogP contribution in [0.1, 0.15) is 21.3 Å². The zero-order valence-corrected chi connectivity index (χ0v) is 16.5. The van der Waals surface area contributed by atoms with E-state index in [0.717, 1.165) is 21.9 Å². The van der Waals surface area contributed by atoms with E-state index in [1.165, 1.54) is 18.2 Å². The summed E-state index contributed by atoms with van der Waals surface area (Å²) < 4.78 is 47.2. The van der Waals surface area contributed by atoms with Gasteiger partial charge in [-0.2, -0.15) is 0 Å². The van der Waals surface area contributed by atoms with Gasteiger partial charge in [0.2, 0.25) is 0 Å². The number of benzene rings is 2. The second kappa shape index (κ2) is 8.02. The standard InChI is InChI=1S/C18H15BrF3NO3S/c1-25-15-6-5-12(10-14(15)19)17-23(7-8-27-17)16(24)11-3-2-4-13(9-11)26-18(20,21)22/h2-6,9-10,17H,7-8H2,1H3. The van der Waals surface area contributed by atoms with Crippen LogP contribution >= 0.6 is 27.7 Å². The maximum Gasteiger partial charge on any atom is 0.573 e. The Morgan fingerprint density at radius 2 is 2.04 bits per heavy atom. The lowest BCUT2D eigenvalue weighted by atomic mass is 10.1. The van der Waals surface area contributed by atoms with Gasteiger partial charge in [0.1, 0.15) is 16.9 Å². The molecule has 1 aliphatic heterocycles. The van der Waals surface area contributed by atoms with E-state index in [2.05, 4.69) is 20.7 Å². The number of carbonyl (C=O) groups is 1. The van der Waals surface area contributed by atoms with Gasteiger partial charge in [0.25, 0.3) is 5.91 Å². The second-order valence-electron chi connectivity index (χ2n) is 5.69.